The molecule has 26 heavy (non-hydrogen) atoms. The van der Waals surface area contributed by atoms with Crippen molar-refractivity contribution in [2.75, 3.05) is 11.4 Å². The molecule has 1 aliphatic heterocycles. The zero-order valence-electron chi connectivity index (χ0n) is 14.7. The van der Waals surface area contributed by atoms with Crippen LogP contribution in [0.4, 0.5) is 10.6 Å². The first-order chi connectivity index (χ1) is 12.4. The Bertz CT molecular complexity index is 1040. The molecule has 0 atom stereocenters. The number of pyridine rings is 2. The zero-order chi connectivity index (χ0) is 18.3. The summed E-state index contributed by atoms with van der Waals surface area (Å²) in [6, 6.07) is 13.3. The molecule has 2 aromatic heterocycles. The van der Waals surface area contributed by atoms with E-state index in [0.29, 0.717) is 24.3 Å². The van der Waals surface area contributed by atoms with Crippen LogP contribution in [0.2, 0.25) is 0 Å². The van der Waals surface area contributed by atoms with Gasteiger partial charge in [0.05, 0.1) is 6.54 Å². The van der Waals surface area contributed by atoms with Crippen molar-refractivity contribution >= 4 is 22.8 Å². The monoisotopic (exact) mass is 349 g/mol. The fourth-order valence-electron chi connectivity index (χ4n) is 3.17. The largest absolute Gasteiger partial charge is 0.441 e. The molecule has 1 amide bonds. The van der Waals surface area contributed by atoms with E-state index in [2.05, 4.69) is 9.97 Å². The number of rotatable bonds is 3. The standard InChI is InChI=1S/C20H19N3O3/c1-20(2)12-23(19(25)26-20)17-8-7-13(11-21-17)9-15-10-14-5-3-4-6-16(14)22-18(15)24/h3-8,10-11H,9,12H2,1-2H3,(H,22,24). The van der Waals surface area contributed by atoms with E-state index in [4.69, 9.17) is 4.74 Å². The maximum absolute atomic E-state index is 12.3. The molecule has 0 spiro atoms. The highest BCUT2D eigenvalue weighted by Gasteiger charge is 2.38. The Labute approximate surface area is 150 Å². The van der Waals surface area contributed by atoms with Crippen LogP contribution in [-0.4, -0.2) is 28.2 Å². The van der Waals surface area contributed by atoms with E-state index in [0.717, 1.165) is 16.5 Å². The van der Waals surface area contributed by atoms with Gasteiger partial charge >= 0.3 is 6.09 Å². The van der Waals surface area contributed by atoms with Crippen LogP contribution >= 0.6 is 0 Å². The number of ether oxygens (including phenoxy) is 1. The van der Waals surface area contributed by atoms with Crippen molar-refractivity contribution in [2.45, 2.75) is 25.9 Å². The average molecular weight is 349 g/mol. The predicted octanol–water partition coefficient (Wildman–Crippen LogP) is 3.25. The fourth-order valence-corrected chi connectivity index (χ4v) is 3.17. The summed E-state index contributed by atoms with van der Waals surface area (Å²) in [5, 5.41) is 0.994. The van der Waals surface area contributed by atoms with Crippen molar-refractivity contribution in [3.8, 4) is 0 Å². The fraction of sp³-hybridized carbons (Fsp3) is 0.250. The maximum Gasteiger partial charge on any atom is 0.416 e. The van der Waals surface area contributed by atoms with Gasteiger partial charge in [0, 0.05) is 23.7 Å². The van der Waals surface area contributed by atoms with Crippen LogP contribution < -0.4 is 10.5 Å². The van der Waals surface area contributed by atoms with Crippen molar-refractivity contribution in [3.63, 3.8) is 0 Å². The van der Waals surface area contributed by atoms with E-state index in [1.807, 2.05) is 50.2 Å². The number of anilines is 1. The quantitative estimate of drug-likeness (QED) is 0.787. The Morgan fingerprint density at radius 3 is 2.69 bits per heavy atom. The first-order valence-corrected chi connectivity index (χ1v) is 8.48. The molecule has 1 fully saturated rings. The molecule has 0 unspecified atom stereocenters. The minimum Gasteiger partial charge on any atom is -0.441 e. The third-order valence-electron chi connectivity index (χ3n) is 4.43. The van der Waals surface area contributed by atoms with E-state index < -0.39 is 5.60 Å². The predicted molar refractivity (Wildman–Crippen MR) is 99.5 cm³/mol. The molecule has 3 heterocycles. The Kier molecular flexibility index (Phi) is 3.76. The van der Waals surface area contributed by atoms with Gasteiger partial charge in [-0.3, -0.25) is 9.69 Å². The highest BCUT2D eigenvalue weighted by atomic mass is 16.6. The van der Waals surface area contributed by atoms with Gasteiger partial charge in [-0.1, -0.05) is 24.3 Å². The van der Waals surface area contributed by atoms with E-state index in [9.17, 15) is 9.59 Å². The van der Waals surface area contributed by atoms with E-state index >= 15 is 0 Å². The maximum atomic E-state index is 12.3. The van der Waals surface area contributed by atoms with Gasteiger partial charge in [-0.25, -0.2) is 9.78 Å². The second kappa shape index (κ2) is 5.98. The second-order valence-electron chi connectivity index (χ2n) is 7.13. The molecular formula is C20H19N3O3. The number of cyclic esters (lactones) is 1. The summed E-state index contributed by atoms with van der Waals surface area (Å²) in [5.41, 5.74) is 1.79. The molecule has 6 heteroatoms. The molecule has 0 bridgehead atoms. The van der Waals surface area contributed by atoms with Gasteiger partial charge in [0.25, 0.3) is 5.56 Å². The van der Waals surface area contributed by atoms with Crippen molar-refractivity contribution in [2.24, 2.45) is 0 Å². The third-order valence-corrected chi connectivity index (χ3v) is 4.43. The van der Waals surface area contributed by atoms with Crippen LogP contribution in [0.5, 0.6) is 0 Å². The smallest absolute Gasteiger partial charge is 0.416 e. The number of aromatic amines is 1. The van der Waals surface area contributed by atoms with Gasteiger partial charge in [0.1, 0.15) is 11.4 Å². The topological polar surface area (TPSA) is 75.3 Å². The minimum atomic E-state index is -0.518. The number of hydrogen-bond acceptors (Lipinski definition) is 4. The summed E-state index contributed by atoms with van der Waals surface area (Å²) in [5.74, 6) is 0.553. The summed E-state index contributed by atoms with van der Waals surface area (Å²) in [6.45, 7) is 4.19. The summed E-state index contributed by atoms with van der Waals surface area (Å²) in [7, 11) is 0. The average Bonchev–Trinajstić information content (AvgIpc) is 2.89. The third kappa shape index (κ3) is 3.06. The molecule has 1 saturated heterocycles. The van der Waals surface area contributed by atoms with Gasteiger partial charge in [-0.05, 0) is 43.0 Å². The van der Waals surface area contributed by atoms with Crippen LogP contribution in [-0.2, 0) is 11.2 Å². The number of carbonyl (C=O) groups excluding carboxylic acids is 1. The van der Waals surface area contributed by atoms with Crippen molar-refractivity contribution in [3.05, 3.63) is 70.1 Å². The number of H-pyrrole nitrogens is 1. The van der Waals surface area contributed by atoms with Crippen molar-refractivity contribution in [1.82, 2.24) is 9.97 Å². The summed E-state index contributed by atoms with van der Waals surface area (Å²) >= 11 is 0. The summed E-state index contributed by atoms with van der Waals surface area (Å²) < 4.78 is 5.30. The first kappa shape index (κ1) is 16.3. The number of nitrogens with one attached hydrogen (secondary N) is 1. The number of hydrogen-bond donors (Lipinski definition) is 1. The lowest BCUT2D eigenvalue weighted by atomic mass is 10.1. The second-order valence-corrected chi connectivity index (χ2v) is 7.13. The molecule has 132 valence electrons. The zero-order valence-corrected chi connectivity index (χ0v) is 14.7. The van der Waals surface area contributed by atoms with Crippen molar-refractivity contribution < 1.29 is 9.53 Å². The number of aromatic nitrogens is 2. The van der Waals surface area contributed by atoms with Gasteiger partial charge in [0.15, 0.2) is 0 Å². The van der Waals surface area contributed by atoms with Gasteiger partial charge in [0.2, 0.25) is 0 Å². The molecule has 6 nitrogen and oxygen atoms in total. The number of benzene rings is 1. The molecule has 1 N–H and O–H groups in total. The number of fused-ring (bicyclic) bond motifs is 1. The summed E-state index contributed by atoms with van der Waals surface area (Å²) in [6.07, 6.45) is 1.78. The highest BCUT2D eigenvalue weighted by molar-refractivity contribution is 5.89. The van der Waals surface area contributed by atoms with Crippen LogP contribution in [0, 0.1) is 0 Å². The number of para-hydroxylation sites is 1. The minimum absolute atomic E-state index is 0.0994. The van der Waals surface area contributed by atoms with Crippen LogP contribution in [0.15, 0.2) is 53.5 Å². The Hall–Kier alpha value is -3.15. The molecular weight excluding hydrogens is 330 g/mol. The van der Waals surface area contributed by atoms with Crippen LogP contribution in [0.3, 0.4) is 0 Å². The SMILES string of the molecule is CC1(C)CN(c2ccc(Cc3cc4ccccc4[nH]c3=O)cn2)C(=O)O1. The Morgan fingerprint density at radius 1 is 1.19 bits per heavy atom. The normalized spacial score (nSPS) is 16.1. The van der Waals surface area contributed by atoms with Crippen LogP contribution in [0.1, 0.15) is 25.0 Å². The van der Waals surface area contributed by atoms with Crippen molar-refractivity contribution in [1.29, 1.82) is 0 Å². The Balaban J connectivity index is 1.58. The molecule has 1 aromatic carbocycles. The number of nitrogens with zero attached hydrogens (tertiary/aromatic N) is 2. The van der Waals surface area contributed by atoms with Crippen LogP contribution in [0.25, 0.3) is 10.9 Å². The molecule has 0 aliphatic carbocycles. The van der Waals surface area contributed by atoms with E-state index in [-0.39, 0.29) is 11.7 Å². The Morgan fingerprint density at radius 2 is 2.00 bits per heavy atom. The molecule has 0 saturated carbocycles. The molecule has 1 aliphatic rings. The molecule has 4 rings (SSSR count). The molecule has 0 radical (unpaired) electrons. The summed E-state index contributed by atoms with van der Waals surface area (Å²) in [4.78, 5) is 33.0. The highest BCUT2D eigenvalue weighted by Crippen LogP contribution is 2.26. The number of amides is 1. The van der Waals surface area contributed by atoms with Gasteiger partial charge < -0.3 is 9.72 Å². The lowest BCUT2D eigenvalue weighted by Crippen LogP contribution is -2.28. The number of carbonyl (C=O) groups is 1. The molecule has 3 aromatic rings. The lowest BCUT2D eigenvalue weighted by Gasteiger charge is -2.15. The van der Waals surface area contributed by atoms with E-state index in [1.165, 1.54) is 4.90 Å². The lowest BCUT2D eigenvalue weighted by molar-refractivity contribution is 0.0871. The first-order valence-electron chi connectivity index (χ1n) is 8.48. The van der Waals surface area contributed by atoms with Gasteiger partial charge in [-0.2, -0.15) is 0 Å². The van der Waals surface area contributed by atoms with Gasteiger partial charge in [-0.15, -0.1) is 0 Å². The van der Waals surface area contributed by atoms with E-state index in [1.54, 1.807) is 12.3 Å².